The Morgan fingerprint density at radius 1 is 1.33 bits per heavy atom. The number of carbonyl (C=O) groups excluding carboxylic acids is 1. The number of carboxylic acid groups (broad SMARTS) is 1. The van der Waals surface area contributed by atoms with E-state index in [1.54, 1.807) is 5.38 Å². The average Bonchev–Trinajstić information content (AvgIpc) is 3.12. The van der Waals surface area contributed by atoms with E-state index in [9.17, 15) is 27.6 Å². The van der Waals surface area contributed by atoms with Crippen LogP contribution in [0.15, 0.2) is 22.4 Å². The number of hydrogen-bond donors (Lipinski definition) is 1. The third-order valence-electron chi connectivity index (χ3n) is 3.87. The van der Waals surface area contributed by atoms with Gasteiger partial charge in [-0.3, -0.25) is 18.8 Å². The van der Waals surface area contributed by atoms with Gasteiger partial charge in [0.05, 0.1) is 11.8 Å². The van der Waals surface area contributed by atoms with Crippen molar-refractivity contribution in [3.63, 3.8) is 0 Å². The molecule has 7 nitrogen and oxygen atoms in total. The molecule has 1 amide bonds. The van der Waals surface area contributed by atoms with Crippen LogP contribution in [0.2, 0.25) is 0 Å². The van der Waals surface area contributed by atoms with Crippen LogP contribution in [0.1, 0.15) is 10.5 Å². The summed E-state index contributed by atoms with van der Waals surface area (Å²) in [5, 5.41) is 10.5. The van der Waals surface area contributed by atoms with Crippen LogP contribution in [0, 0.1) is 11.8 Å². The van der Waals surface area contributed by atoms with Gasteiger partial charge in [-0.15, -0.1) is 11.3 Å². The summed E-state index contributed by atoms with van der Waals surface area (Å²) < 4.78 is 40.1. The molecular formula is C13H10F3N3O4S. The number of thiazole rings is 1. The van der Waals surface area contributed by atoms with E-state index in [0.717, 1.165) is 22.3 Å². The lowest BCUT2D eigenvalue weighted by molar-refractivity contribution is -0.187. The number of nitrogens with zero attached hydrogens (tertiary/aromatic N) is 3. The molecule has 1 saturated heterocycles. The summed E-state index contributed by atoms with van der Waals surface area (Å²) in [4.78, 5) is 40.2. The second kappa shape index (κ2) is 5.58. The Morgan fingerprint density at radius 3 is 2.62 bits per heavy atom. The fourth-order valence-electron chi connectivity index (χ4n) is 2.67. The third-order valence-corrected chi connectivity index (χ3v) is 4.62. The molecule has 2 aromatic heterocycles. The van der Waals surface area contributed by atoms with Crippen LogP contribution < -0.4 is 5.56 Å². The number of carbonyl (C=O) groups is 2. The summed E-state index contributed by atoms with van der Waals surface area (Å²) in [6.07, 6.45) is -3.28. The van der Waals surface area contributed by atoms with E-state index in [-0.39, 0.29) is 10.7 Å². The molecule has 3 heterocycles. The number of amides is 1. The van der Waals surface area contributed by atoms with Gasteiger partial charge in [0, 0.05) is 30.7 Å². The maximum atomic E-state index is 13.0. The van der Waals surface area contributed by atoms with E-state index in [1.807, 2.05) is 0 Å². The Balaban J connectivity index is 1.92. The van der Waals surface area contributed by atoms with Crippen molar-refractivity contribution in [3.05, 3.63) is 33.7 Å². The van der Waals surface area contributed by atoms with Gasteiger partial charge in [-0.2, -0.15) is 13.2 Å². The second-order valence-electron chi connectivity index (χ2n) is 5.34. The maximum Gasteiger partial charge on any atom is 0.394 e. The van der Waals surface area contributed by atoms with Crippen LogP contribution >= 0.6 is 11.3 Å². The molecular weight excluding hydrogens is 351 g/mol. The molecule has 0 saturated carbocycles. The summed E-state index contributed by atoms with van der Waals surface area (Å²) in [5.74, 6) is -6.39. The lowest BCUT2D eigenvalue weighted by Crippen LogP contribution is -2.34. The smallest absolute Gasteiger partial charge is 0.394 e. The molecule has 11 heteroatoms. The standard InChI is InChI=1S/C13H10F3N3O4S/c14-13(15,16)7-5-18(4-6(7)11(22)23)10(21)8-3-9(20)19-1-2-24-12(19)17-8/h1-3,6-7H,4-5H2,(H,22,23)/t6-,7-/m1/s1. The molecule has 3 rings (SSSR count). The van der Waals surface area contributed by atoms with Crippen molar-refractivity contribution in [2.75, 3.05) is 13.1 Å². The highest BCUT2D eigenvalue weighted by molar-refractivity contribution is 7.15. The number of rotatable bonds is 2. The van der Waals surface area contributed by atoms with Crippen LogP contribution in [-0.4, -0.2) is 50.5 Å². The predicted molar refractivity (Wildman–Crippen MR) is 75.9 cm³/mol. The number of aromatic nitrogens is 2. The van der Waals surface area contributed by atoms with Crippen LogP contribution in [0.25, 0.3) is 4.96 Å². The molecule has 2 aromatic rings. The lowest BCUT2D eigenvalue weighted by Gasteiger charge is -2.18. The Kier molecular flexibility index (Phi) is 3.82. The Labute approximate surface area is 136 Å². The quantitative estimate of drug-likeness (QED) is 0.865. The summed E-state index contributed by atoms with van der Waals surface area (Å²) in [5.41, 5.74) is -0.833. The second-order valence-corrected chi connectivity index (χ2v) is 6.21. The van der Waals surface area contributed by atoms with E-state index in [4.69, 9.17) is 5.11 Å². The Hall–Kier alpha value is -2.43. The zero-order valence-electron chi connectivity index (χ0n) is 11.9. The fraction of sp³-hybridized carbons (Fsp3) is 0.385. The molecule has 0 spiro atoms. The van der Waals surface area contributed by atoms with Gasteiger partial charge in [0.2, 0.25) is 0 Å². The van der Waals surface area contributed by atoms with Gasteiger partial charge in [-0.1, -0.05) is 0 Å². The SMILES string of the molecule is O=C(O)[C@@H]1CN(C(=O)c2cc(=O)n3ccsc3n2)C[C@H]1C(F)(F)F. The van der Waals surface area contributed by atoms with E-state index in [2.05, 4.69) is 4.98 Å². The van der Waals surface area contributed by atoms with Gasteiger partial charge >= 0.3 is 12.1 Å². The minimum Gasteiger partial charge on any atom is -0.481 e. The van der Waals surface area contributed by atoms with Crippen molar-refractivity contribution in [2.24, 2.45) is 11.8 Å². The molecule has 0 aliphatic carbocycles. The topological polar surface area (TPSA) is 92.0 Å². The van der Waals surface area contributed by atoms with Crippen molar-refractivity contribution in [2.45, 2.75) is 6.18 Å². The molecule has 1 aliphatic rings. The molecule has 0 radical (unpaired) electrons. The van der Waals surface area contributed by atoms with Crippen molar-refractivity contribution in [3.8, 4) is 0 Å². The normalized spacial score (nSPS) is 21.4. The number of carboxylic acids is 1. The Morgan fingerprint density at radius 2 is 2.04 bits per heavy atom. The monoisotopic (exact) mass is 361 g/mol. The Bertz CT molecular complexity index is 875. The third kappa shape index (κ3) is 2.75. The number of hydrogen-bond acceptors (Lipinski definition) is 5. The molecule has 128 valence electrons. The number of aliphatic carboxylic acids is 1. The first-order valence-electron chi connectivity index (χ1n) is 6.74. The predicted octanol–water partition coefficient (Wildman–Crippen LogP) is 1.09. The van der Waals surface area contributed by atoms with E-state index in [0.29, 0.717) is 0 Å². The highest BCUT2D eigenvalue weighted by atomic mass is 32.1. The first kappa shape index (κ1) is 16.4. The minimum atomic E-state index is -4.73. The van der Waals surface area contributed by atoms with Crippen LogP contribution in [0.5, 0.6) is 0 Å². The number of likely N-dealkylation sites (tertiary alicyclic amines) is 1. The largest absolute Gasteiger partial charge is 0.481 e. The summed E-state index contributed by atoms with van der Waals surface area (Å²) in [6, 6.07) is 0.929. The average molecular weight is 361 g/mol. The number of halogens is 3. The first-order chi connectivity index (χ1) is 11.2. The van der Waals surface area contributed by atoms with Crippen molar-refractivity contribution >= 4 is 28.2 Å². The summed E-state index contributed by atoms with van der Waals surface area (Å²) in [7, 11) is 0. The molecule has 0 aromatic carbocycles. The molecule has 2 atom stereocenters. The van der Waals surface area contributed by atoms with Gasteiger partial charge in [-0.05, 0) is 0 Å². The molecule has 1 N–H and O–H groups in total. The molecule has 24 heavy (non-hydrogen) atoms. The van der Waals surface area contributed by atoms with E-state index < -0.39 is 48.5 Å². The van der Waals surface area contributed by atoms with Gasteiger partial charge in [0.1, 0.15) is 5.69 Å². The van der Waals surface area contributed by atoms with Crippen molar-refractivity contribution in [1.82, 2.24) is 14.3 Å². The first-order valence-corrected chi connectivity index (χ1v) is 7.62. The van der Waals surface area contributed by atoms with Gasteiger partial charge in [0.15, 0.2) is 4.96 Å². The van der Waals surface area contributed by atoms with Gasteiger partial charge < -0.3 is 10.0 Å². The number of fused-ring (bicyclic) bond motifs is 1. The summed E-state index contributed by atoms with van der Waals surface area (Å²) >= 11 is 1.09. The van der Waals surface area contributed by atoms with Crippen molar-refractivity contribution in [1.29, 1.82) is 0 Å². The van der Waals surface area contributed by atoms with Crippen LogP contribution in [0.3, 0.4) is 0 Å². The maximum absolute atomic E-state index is 13.0. The molecule has 0 unspecified atom stereocenters. The van der Waals surface area contributed by atoms with Crippen LogP contribution in [-0.2, 0) is 4.79 Å². The molecule has 1 aliphatic heterocycles. The highest BCUT2D eigenvalue weighted by Crippen LogP contribution is 2.38. The molecule has 1 fully saturated rings. The zero-order valence-corrected chi connectivity index (χ0v) is 12.7. The highest BCUT2D eigenvalue weighted by Gasteiger charge is 2.53. The fourth-order valence-corrected chi connectivity index (χ4v) is 3.39. The minimum absolute atomic E-state index is 0.229. The van der Waals surface area contributed by atoms with E-state index in [1.165, 1.54) is 10.6 Å². The van der Waals surface area contributed by atoms with E-state index >= 15 is 0 Å². The van der Waals surface area contributed by atoms with Crippen LogP contribution in [0.4, 0.5) is 13.2 Å². The van der Waals surface area contributed by atoms with Gasteiger partial charge in [0.25, 0.3) is 11.5 Å². The zero-order chi connectivity index (χ0) is 17.6. The van der Waals surface area contributed by atoms with Gasteiger partial charge in [-0.25, -0.2) is 4.98 Å². The lowest BCUT2D eigenvalue weighted by atomic mass is 9.96. The van der Waals surface area contributed by atoms with Crippen molar-refractivity contribution < 1.29 is 27.9 Å². The molecule has 0 bridgehead atoms. The summed E-state index contributed by atoms with van der Waals surface area (Å²) in [6.45, 7) is -1.35. The number of alkyl halides is 3.